The van der Waals surface area contributed by atoms with Gasteiger partial charge >= 0.3 is 0 Å². The van der Waals surface area contributed by atoms with Crippen molar-refractivity contribution in [2.24, 2.45) is 5.73 Å². The lowest BCUT2D eigenvalue weighted by Crippen LogP contribution is -2.28. The first kappa shape index (κ1) is 25.2. The topological polar surface area (TPSA) is 79.6 Å². The van der Waals surface area contributed by atoms with Crippen molar-refractivity contribution in [3.05, 3.63) is 102 Å². The van der Waals surface area contributed by atoms with Gasteiger partial charge < -0.3 is 30.0 Å². The van der Waals surface area contributed by atoms with Crippen molar-refractivity contribution in [1.82, 2.24) is 9.88 Å². The molecule has 3 heterocycles. The number of phenolic OH excluding ortho intramolecular Hbond substituents is 1. The van der Waals surface area contributed by atoms with Crippen molar-refractivity contribution in [2.45, 2.75) is 18.9 Å². The first-order valence-electron chi connectivity index (χ1n) is 13.9. The van der Waals surface area contributed by atoms with Crippen LogP contribution >= 0.6 is 0 Å². The van der Waals surface area contributed by atoms with E-state index in [0.29, 0.717) is 52.8 Å². The van der Waals surface area contributed by atoms with E-state index in [2.05, 4.69) is 35.2 Å². The number of benzene rings is 4. The molecule has 0 aromatic heterocycles. The second-order valence-electron chi connectivity index (χ2n) is 10.9. The zero-order chi connectivity index (χ0) is 28.2. The highest BCUT2D eigenvalue weighted by atomic mass is 19.1. The average molecular weight is 547 g/mol. The minimum Gasteiger partial charge on any atom is -0.508 e. The Bertz CT molecular complexity index is 1990. The van der Waals surface area contributed by atoms with Gasteiger partial charge in [-0.05, 0) is 64.7 Å². The molecule has 1 atom stereocenters. The van der Waals surface area contributed by atoms with Crippen molar-refractivity contribution in [3.8, 4) is 11.4 Å². The van der Waals surface area contributed by atoms with Gasteiger partial charge in [0.1, 0.15) is 11.4 Å². The molecule has 4 N–H and O–H groups in total. The summed E-state index contributed by atoms with van der Waals surface area (Å²) in [6.45, 7) is 10.6. The number of hydrogen-bond donors (Lipinski definition) is 3. The van der Waals surface area contributed by atoms with Crippen LogP contribution in [0.4, 0.5) is 10.1 Å². The fraction of sp³-hybridized carbons (Fsp3) is 0.176. The van der Waals surface area contributed by atoms with Crippen LogP contribution in [0.25, 0.3) is 50.8 Å². The SMILES string of the molecule is C=C(NCCc1ccc(O)cc1)c1cn2c3cc4ccccc4cc3oc3c(N4CCC(N)C4)c(F)cc(c3-2)c1=C. The molecule has 3 aliphatic rings. The average Bonchev–Trinajstić information content (AvgIpc) is 3.39. The smallest absolute Gasteiger partial charge is 0.178 e. The van der Waals surface area contributed by atoms with Crippen molar-refractivity contribution in [2.75, 3.05) is 24.5 Å². The number of aromatic hydroxyl groups is 1. The zero-order valence-corrected chi connectivity index (χ0v) is 22.7. The Labute approximate surface area is 236 Å². The van der Waals surface area contributed by atoms with Crippen molar-refractivity contribution >= 4 is 50.8 Å². The molecule has 0 radical (unpaired) electrons. The summed E-state index contributed by atoms with van der Waals surface area (Å²) in [5.74, 6) is -0.111. The standard InChI is InChI=1S/C34H31FN4O2/c1-20-27-17-29(35)33(38-14-12-25(36)18-38)34-32(27)39(30-15-23-5-3-4-6-24(23)16-31(30)41-34)19-28(20)21(2)37-13-11-22-7-9-26(40)10-8-22/h3-10,15-17,19,25,37,40H,1-2,11-14,18,36H2. The predicted molar refractivity (Wildman–Crippen MR) is 165 cm³/mol. The lowest BCUT2D eigenvalue weighted by molar-refractivity contribution is 0.475. The molecule has 1 saturated heterocycles. The molecule has 6 nitrogen and oxygen atoms in total. The maximum Gasteiger partial charge on any atom is 0.178 e. The van der Waals surface area contributed by atoms with Gasteiger partial charge in [-0.2, -0.15) is 0 Å². The quantitative estimate of drug-likeness (QED) is 0.181. The van der Waals surface area contributed by atoms with Crippen LogP contribution in [0.1, 0.15) is 17.5 Å². The molecule has 0 amide bonds. The number of nitrogens with zero attached hydrogens (tertiary/aromatic N) is 2. The monoisotopic (exact) mass is 546 g/mol. The van der Waals surface area contributed by atoms with Gasteiger partial charge in [0.2, 0.25) is 0 Å². The second-order valence-corrected chi connectivity index (χ2v) is 10.9. The lowest BCUT2D eigenvalue weighted by Gasteiger charge is -2.26. The summed E-state index contributed by atoms with van der Waals surface area (Å²) in [5, 5.41) is 16.5. The van der Waals surface area contributed by atoms with Crippen LogP contribution in [0.5, 0.6) is 5.75 Å². The number of rotatable bonds is 6. The molecule has 7 heteroatoms. The van der Waals surface area contributed by atoms with Gasteiger partial charge in [0.15, 0.2) is 17.0 Å². The summed E-state index contributed by atoms with van der Waals surface area (Å²) in [6, 6.07) is 21.0. The normalized spacial score (nSPS) is 15.5. The van der Waals surface area contributed by atoms with Gasteiger partial charge in [0, 0.05) is 48.5 Å². The van der Waals surface area contributed by atoms with Gasteiger partial charge in [-0.25, -0.2) is 4.39 Å². The fourth-order valence-corrected chi connectivity index (χ4v) is 6.03. The van der Waals surface area contributed by atoms with E-state index in [-0.39, 0.29) is 17.6 Å². The number of aromatic nitrogens is 1. The predicted octanol–water partition coefficient (Wildman–Crippen LogP) is 5.84. The van der Waals surface area contributed by atoms with Gasteiger partial charge in [0.05, 0.1) is 11.2 Å². The molecule has 0 spiro atoms. The minimum atomic E-state index is -0.356. The zero-order valence-electron chi connectivity index (χ0n) is 22.7. The summed E-state index contributed by atoms with van der Waals surface area (Å²) in [7, 11) is 0. The van der Waals surface area contributed by atoms with Crippen molar-refractivity contribution < 1.29 is 13.9 Å². The highest BCUT2D eigenvalue weighted by Crippen LogP contribution is 2.40. The number of pyridine rings is 1. The molecule has 206 valence electrons. The molecule has 1 fully saturated rings. The highest BCUT2D eigenvalue weighted by molar-refractivity contribution is 6.01. The van der Waals surface area contributed by atoms with E-state index in [1.807, 2.05) is 47.5 Å². The van der Waals surface area contributed by atoms with E-state index in [4.69, 9.17) is 10.2 Å². The second kappa shape index (κ2) is 9.71. The Morgan fingerprint density at radius 2 is 1.83 bits per heavy atom. The first-order valence-corrected chi connectivity index (χ1v) is 13.9. The third-order valence-electron chi connectivity index (χ3n) is 8.19. The molecule has 4 aromatic carbocycles. The van der Waals surface area contributed by atoms with Gasteiger partial charge in [-0.15, -0.1) is 0 Å². The molecule has 3 aliphatic heterocycles. The highest BCUT2D eigenvalue weighted by Gasteiger charge is 2.29. The Balaban J connectivity index is 1.41. The molecular weight excluding hydrogens is 515 g/mol. The van der Waals surface area contributed by atoms with Crippen LogP contribution in [0.3, 0.4) is 0 Å². The number of fused-ring (bicyclic) bond motifs is 3. The number of phenols is 1. The van der Waals surface area contributed by atoms with Crippen LogP contribution in [0.15, 0.2) is 83.9 Å². The number of halogens is 1. The molecule has 41 heavy (non-hydrogen) atoms. The van der Waals surface area contributed by atoms with Gasteiger partial charge in [-0.3, -0.25) is 0 Å². The number of hydrogen-bond acceptors (Lipinski definition) is 5. The molecule has 0 aliphatic carbocycles. The van der Waals surface area contributed by atoms with E-state index in [9.17, 15) is 5.11 Å². The Hall–Kier alpha value is -4.75. The number of nitrogens with two attached hydrogens (primary N) is 1. The first-order chi connectivity index (χ1) is 19.9. The fourth-order valence-electron chi connectivity index (χ4n) is 6.03. The van der Waals surface area contributed by atoms with E-state index in [1.165, 1.54) is 0 Å². The van der Waals surface area contributed by atoms with E-state index in [0.717, 1.165) is 45.9 Å². The largest absolute Gasteiger partial charge is 0.508 e. The van der Waals surface area contributed by atoms with Crippen LogP contribution in [-0.4, -0.2) is 35.3 Å². The van der Waals surface area contributed by atoms with Crippen LogP contribution in [0.2, 0.25) is 0 Å². The van der Waals surface area contributed by atoms with E-state index in [1.54, 1.807) is 18.2 Å². The molecule has 0 bridgehead atoms. The number of anilines is 1. The Morgan fingerprint density at radius 1 is 1.07 bits per heavy atom. The molecule has 1 unspecified atom stereocenters. The third kappa shape index (κ3) is 4.30. The van der Waals surface area contributed by atoms with Crippen molar-refractivity contribution in [3.63, 3.8) is 0 Å². The van der Waals surface area contributed by atoms with E-state index < -0.39 is 0 Å². The molecule has 4 aromatic rings. The van der Waals surface area contributed by atoms with Gasteiger partial charge in [-0.1, -0.05) is 49.6 Å². The summed E-state index contributed by atoms with van der Waals surface area (Å²) in [5.41, 5.74) is 12.0. The summed E-state index contributed by atoms with van der Waals surface area (Å²) in [4.78, 5) is 1.99. The molecule has 0 saturated carbocycles. The Morgan fingerprint density at radius 3 is 2.56 bits per heavy atom. The van der Waals surface area contributed by atoms with Gasteiger partial charge in [0.25, 0.3) is 0 Å². The Kier molecular flexibility index (Phi) is 5.98. The van der Waals surface area contributed by atoms with E-state index >= 15 is 4.39 Å². The van der Waals surface area contributed by atoms with Crippen LogP contribution in [-0.2, 0) is 6.42 Å². The summed E-state index contributed by atoms with van der Waals surface area (Å²) >= 11 is 0. The van der Waals surface area contributed by atoms with Crippen molar-refractivity contribution in [1.29, 1.82) is 0 Å². The third-order valence-corrected chi connectivity index (χ3v) is 8.19. The molecule has 7 rings (SSSR count). The number of nitrogens with one attached hydrogen (secondary N) is 1. The maximum atomic E-state index is 16.0. The molecular formula is C34H31FN4O2. The summed E-state index contributed by atoms with van der Waals surface area (Å²) < 4.78 is 24.7. The minimum absolute atomic E-state index is 0.00834. The van der Waals surface area contributed by atoms with Crippen LogP contribution in [0, 0.1) is 5.82 Å². The lowest BCUT2D eigenvalue weighted by atomic mass is 10.0. The van der Waals surface area contributed by atoms with Crippen LogP contribution < -0.4 is 21.2 Å². The maximum absolute atomic E-state index is 16.0. The summed E-state index contributed by atoms with van der Waals surface area (Å²) in [6.07, 6.45) is 3.58.